The highest BCUT2D eigenvalue weighted by molar-refractivity contribution is 7.20. The predicted molar refractivity (Wildman–Crippen MR) is 116 cm³/mol. The van der Waals surface area contributed by atoms with Gasteiger partial charge in [-0.1, -0.05) is 43.7 Å². The van der Waals surface area contributed by atoms with Gasteiger partial charge in [0.2, 0.25) is 5.28 Å². The van der Waals surface area contributed by atoms with Crippen LogP contribution in [0.15, 0.2) is 30.3 Å². The number of unbranched alkanes of at least 4 members (excludes halogenated alkanes) is 1. The van der Waals surface area contributed by atoms with Crippen molar-refractivity contribution in [3.8, 4) is 0 Å². The number of aromatic nitrogens is 2. The zero-order chi connectivity index (χ0) is 20.1. The Balaban J connectivity index is 1.93. The van der Waals surface area contributed by atoms with E-state index in [1.54, 1.807) is 0 Å². The second kappa shape index (κ2) is 9.34. The second-order valence-electron chi connectivity index (χ2n) is 6.55. The van der Waals surface area contributed by atoms with E-state index in [4.69, 9.17) is 16.3 Å². The number of hydrogen-bond donors (Lipinski definition) is 0. The lowest BCUT2D eigenvalue weighted by atomic mass is 10.2. The molecule has 0 fully saturated rings. The van der Waals surface area contributed by atoms with Crippen LogP contribution in [-0.4, -0.2) is 29.0 Å². The topological polar surface area (TPSA) is 55.3 Å². The molecule has 3 aromatic rings. The summed E-state index contributed by atoms with van der Waals surface area (Å²) in [5.74, 6) is 0.449. The normalized spacial score (nSPS) is 11.0. The van der Waals surface area contributed by atoms with Gasteiger partial charge in [-0.25, -0.2) is 9.78 Å². The third-order valence-electron chi connectivity index (χ3n) is 4.60. The summed E-state index contributed by atoms with van der Waals surface area (Å²) in [6.45, 7) is 8.11. The number of rotatable bonds is 8. The molecule has 3 rings (SSSR count). The van der Waals surface area contributed by atoms with Gasteiger partial charge in [0.25, 0.3) is 0 Å². The molecular formula is C21H24ClN3O2S. The quantitative estimate of drug-likeness (QED) is 0.351. The number of ether oxygens (including phenoxy) is 1. The zero-order valence-electron chi connectivity index (χ0n) is 16.4. The van der Waals surface area contributed by atoms with Gasteiger partial charge in [0, 0.05) is 13.1 Å². The van der Waals surface area contributed by atoms with Gasteiger partial charge >= 0.3 is 5.97 Å². The van der Waals surface area contributed by atoms with E-state index in [-0.39, 0.29) is 17.9 Å². The Morgan fingerprint density at radius 3 is 2.64 bits per heavy atom. The van der Waals surface area contributed by atoms with E-state index in [1.807, 2.05) is 37.3 Å². The number of nitrogens with zero attached hydrogens (tertiary/aromatic N) is 3. The standard InChI is InChI=1S/C21H24ClN3O2S/c1-4-6-12-25(5-2)18-16-14(3)17(28-19(16)24-21(22)23-18)20(26)27-13-15-10-8-7-9-11-15/h7-11H,4-6,12-13H2,1-3H3. The summed E-state index contributed by atoms with van der Waals surface area (Å²) in [4.78, 5) is 25.0. The Morgan fingerprint density at radius 1 is 1.21 bits per heavy atom. The van der Waals surface area contributed by atoms with Crippen LogP contribution in [-0.2, 0) is 11.3 Å². The molecule has 2 heterocycles. The fourth-order valence-electron chi connectivity index (χ4n) is 3.07. The molecule has 0 bridgehead atoms. The fourth-order valence-corrected chi connectivity index (χ4v) is 4.35. The van der Waals surface area contributed by atoms with Crippen molar-refractivity contribution in [3.63, 3.8) is 0 Å². The summed E-state index contributed by atoms with van der Waals surface area (Å²) >= 11 is 7.49. The summed E-state index contributed by atoms with van der Waals surface area (Å²) in [5.41, 5.74) is 1.80. The molecular weight excluding hydrogens is 394 g/mol. The van der Waals surface area contributed by atoms with Gasteiger partial charge in [-0.15, -0.1) is 11.3 Å². The third-order valence-corrected chi connectivity index (χ3v) is 5.94. The molecule has 0 spiro atoms. The lowest BCUT2D eigenvalue weighted by molar-refractivity contribution is 0.0478. The number of esters is 1. The van der Waals surface area contributed by atoms with Crippen LogP contribution in [0.4, 0.5) is 5.82 Å². The van der Waals surface area contributed by atoms with E-state index in [9.17, 15) is 4.79 Å². The Hall–Kier alpha value is -2.18. The van der Waals surface area contributed by atoms with Gasteiger partial charge < -0.3 is 9.64 Å². The number of halogens is 1. The van der Waals surface area contributed by atoms with Gasteiger partial charge in [0.1, 0.15) is 22.1 Å². The van der Waals surface area contributed by atoms with Crippen LogP contribution in [0.3, 0.4) is 0 Å². The van der Waals surface area contributed by atoms with Crippen LogP contribution >= 0.6 is 22.9 Å². The lowest BCUT2D eigenvalue weighted by Gasteiger charge is -2.22. The number of carbonyl (C=O) groups excluding carboxylic acids is 1. The van der Waals surface area contributed by atoms with E-state index in [2.05, 4.69) is 28.7 Å². The minimum absolute atomic E-state index is 0.197. The molecule has 0 amide bonds. The van der Waals surface area contributed by atoms with Crippen LogP contribution < -0.4 is 4.90 Å². The summed E-state index contributed by atoms with van der Waals surface area (Å²) in [6, 6.07) is 9.65. The Bertz CT molecular complexity index is 959. The number of carbonyl (C=O) groups is 1. The maximum atomic E-state index is 12.7. The first-order valence-electron chi connectivity index (χ1n) is 9.47. The first-order valence-corrected chi connectivity index (χ1v) is 10.7. The molecule has 28 heavy (non-hydrogen) atoms. The van der Waals surface area contributed by atoms with E-state index < -0.39 is 0 Å². The first-order chi connectivity index (χ1) is 13.5. The highest BCUT2D eigenvalue weighted by Gasteiger charge is 2.23. The van der Waals surface area contributed by atoms with Crippen molar-refractivity contribution in [1.29, 1.82) is 0 Å². The molecule has 0 unspecified atom stereocenters. The van der Waals surface area contributed by atoms with Gasteiger partial charge in [-0.05, 0) is 43.0 Å². The molecule has 0 saturated heterocycles. The van der Waals surface area contributed by atoms with E-state index in [1.165, 1.54) is 11.3 Å². The van der Waals surface area contributed by atoms with Crippen LogP contribution in [0.2, 0.25) is 5.28 Å². The monoisotopic (exact) mass is 417 g/mol. The van der Waals surface area contributed by atoms with Crippen molar-refractivity contribution in [1.82, 2.24) is 9.97 Å². The van der Waals surface area contributed by atoms with E-state index >= 15 is 0 Å². The van der Waals surface area contributed by atoms with Gasteiger partial charge in [-0.2, -0.15) is 4.98 Å². The molecule has 0 radical (unpaired) electrons. The summed E-state index contributed by atoms with van der Waals surface area (Å²) < 4.78 is 5.52. The van der Waals surface area contributed by atoms with Gasteiger partial charge in [0.15, 0.2) is 0 Å². The largest absolute Gasteiger partial charge is 0.457 e. The van der Waals surface area contributed by atoms with Crippen LogP contribution in [0.1, 0.15) is 47.5 Å². The molecule has 148 valence electrons. The van der Waals surface area contributed by atoms with E-state index in [0.717, 1.165) is 48.3 Å². The lowest BCUT2D eigenvalue weighted by Crippen LogP contribution is -2.25. The van der Waals surface area contributed by atoms with Crippen molar-refractivity contribution in [2.75, 3.05) is 18.0 Å². The number of thiophene rings is 1. The molecule has 0 aliphatic carbocycles. The molecule has 5 nitrogen and oxygen atoms in total. The van der Waals surface area contributed by atoms with Crippen LogP contribution in [0.5, 0.6) is 0 Å². The maximum absolute atomic E-state index is 12.7. The summed E-state index contributed by atoms with van der Waals surface area (Å²) in [6.07, 6.45) is 2.16. The third kappa shape index (κ3) is 4.45. The molecule has 2 aromatic heterocycles. The first kappa shape index (κ1) is 20.6. The summed E-state index contributed by atoms with van der Waals surface area (Å²) in [5, 5.41) is 1.09. The number of aryl methyl sites for hydroxylation is 1. The molecule has 1 aromatic carbocycles. The molecule has 0 aliphatic heterocycles. The number of benzene rings is 1. The smallest absolute Gasteiger partial charge is 0.349 e. The van der Waals surface area contributed by atoms with Crippen LogP contribution in [0.25, 0.3) is 10.2 Å². The molecule has 7 heteroatoms. The SMILES string of the molecule is CCCCN(CC)c1nc(Cl)nc2sc(C(=O)OCc3ccccc3)c(C)c12. The van der Waals surface area contributed by atoms with Crippen molar-refractivity contribution < 1.29 is 9.53 Å². The van der Waals surface area contributed by atoms with Gasteiger partial charge in [-0.3, -0.25) is 0 Å². The van der Waals surface area contributed by atoms with Crippen molar-refractivity contribution in [3.05, 3.63) is 51.6 Å². The molecule has 0 aliphatic rings. The predicted octanol–water partition coefficient (Wildman–Crippen LogP) is 5.64. The molecule has 0 atom stereocenters. The average molecular weight is 418 g/mol. The summed E-state index contributed by atoms with van der Waals surface area (Å²) in [7, 11) is 0. The number of anilines is 1. The average Bonchev–Trinajstić information content (AvgIpc) is 3.03. The molecule has 0 N–H and O–H groups in total. The van der Waals surface area contributed by atoms with Crippen molar-refractivity contribution >= 4 is 44.9 Å². The highest BCUT2D eigenvalue weighted by Crippen LogP contribution is 2.36. The van der Waals surface area contributed by atoms with Crippen molar-refractivity contribution in [2.45, 2.75) is 40.2 Å². The minimum Gasteiger partial charge on any atom is -0.457 e. The highest BCUT2D eigenvalue weighted by atomic mass is 35.5. The molecule has 0 saturated carbocycles. The number of hydrogen-bond acceptors (Lipinski definition) is 6. The van der Waals surface area contributed by atoms with Gasteiger partial charge in [0.05, 0.1) is 5.39 Å². The fraction of sp³-hybridized carbons (Fsp3) is 0.381. The Kier molecular flexibility index (Phi) is 6.86. The Morgan fingerprint density at radius 2 is 1.96 bits per heavy atom. The van der Waals surface area contributed by atoms with Crippen molar-refractivity contribution in [2.24, 2.45) is 0 Å². The Labute approximate surface area is 174 Å². The number of fused-ring (bicyclic) bond motifs is 1. The zero-order valence-corrected chi connectivity index (χ0v) is 17.9. The van der Waals surface area contributed by atoms with E-state index in [0.29, 0.717) is 9.71 Å². The minimum atomic E-state index is -0.344. The maximum Gasteiger partial charge on any atom is 0.349 e. The van der Waals surface area contributed by atoms with Crippen LogP contribution in [0, 0.1) is 6.92 Å². The second-order valence-corrected chi connectivity index (χ2v) is 7.88.